The Morgan fingerprint density at radius 2 is 0.791 bits per heavy atom. The van der Waals surface area contributed by atoms with Gasteiger partial charge >= 0.3 is 17.9 Å². The lowest BCUT2D eigenvalue weighted by Crippen LogP contribution is -2.33. The lowest BCUT2D eigenvalue weighted by Gasteiger charge is -2.31. The normalized spacial score (nSPS) is 15.6. The summed E-state index contributed by atoms with van der Waals surface area (Å²) in [5.74, 6) is -3.00. The van der Waals surface area contributed by atoms with Crippen molar-refractivity contribution in [1.82, 2.24) is 14.7 Å². The minimum absolute atomic E-state index is 0.204. The molecule has 0 atom stereocenters. The van der Waals surface area contributed by atoms with E-state index in [0.29, 0.717) is 39.3 Å². The third kappa shape index (κ3) is 8.50. The van der Waals surface area contributed by atoms with E-state index in [-0.39, 0.29) is 22.7 Å². The lowest BCUT2D eigenvalue weighted by atomic mass is 10.00. The van der Waals surface area contributed by atoms with Crippen molar-refractivity contribution >= 4 is 17.9 Å². The Labute approximate surface area is 253 Å². The molecule has 9 nitrogen and oxygen atoms in total. The van der Waals surface area contributed by atoms with Crippen molar-refractivity contribution in [2.24, 2.45) is 0 Å². The summed E-state index contributed by atoms with van der Waals surface area (Å²) in [5, 5.41) is 29.6. The summed E-state index contributed by atoms with van der Waals surface area (Å²) >= 11 is 0. The van der Waals surface area contributed by atoms with Crippen LogP contribution in [0.4, 0.5) is 0 Å². The van der Waals surface area contributed by atoms with E-state index in [1.165, 1.54) is 0 Å². The second-order valence-electron chi connectivity index (χ2n) is 11.7. The van der Waals surface area contributed by atoms with Gasteiger partial charge in [0, 0.05) is 45.3 Å². The molecule has 0 spiro atoms. The minimum atomic E-state index is -1.00. The molecule has 3 aromatic carbocycles. The molecule has 0 amide bonds. The van der Waals surface area contributed by atoms with Gasteiger partial charge < -0.3 is 15.3 Å². The van der Waals surface area contributed by atoms with Crippen LogP contribution < -0.4 is 0 Å². The first kappa shape index (κ1) is 31.9. The maximum atomic E-state index is 12.1. The molecule has 0 saturated carbocycles. The van der Waals surface area contributed by atoms with Crippen LogP contribution in [0.3, 0.4) is 0 Å². The maximum Gasteiger partial charge on any atom is 0.335 e. The van der Waals surface area contributed by atoms with Crippen molar-refractivity contribution in [3.8, 4) is 0 Å². The molecule has 9 heteroatoms. The fourth-order valence-corrected chi connectivity index (χ4v) is 6.15. The van der Waals surface area contributed by atoms with Gasteiger partial charge in [-0.15, -0.1) is 0 Å². The maximum absolute atomic E-state index is 12.1. The first-order valence-corrected chi connectivity index (χ1v) is 14.6. The number of carboxylic acids is 3. The summed E-state index contributed by atoms with van der Waals surface area (Å²) in [6, 6.07) is 16.5. The van der Waals surface area contributed by atoms with Crippen molar-refractivity contribution in [2.75, 3.05) is 14.1 Å². The number of nitrogens with zero attached hydrogens (tertiary/aromatic N) is 3. The molecule has 0 aromatic heterocycles. The van der Waals surface area contributed by atoms with E-state index in [0.717, 1.165) is 46.2 Å². The Kier molecular flexibility index (Phi) is 10.3. The van der Waals surface area contributed by atoms with Crippen molar-refractivity contribution in [1.29, 1.82) is 0 Å². The summed E-state index contributed by atoms with van der Waals surface area (Å²) in [6.45, 7) is 7.22. The molecule has 0 unspecified atom stereocenters. The number of aromatic carboxylic acids is 3. The van der Waals surface area contributed by atoms with Crippen LogP contribution in [-0.2, 0) is 39.3 Å². The van der Waals surface area contributed by atoms with Crippen LogP contribution in [0.2, 0.25) is 0 Å². The Morgan fingerprint density at radius 3 is 1.02 bits per heavy atom. The molecule has 228 valence electrons. The molecule has 0 fully saturated rings. The predicted octanol–water partition coefficient (Wildman–Crippen LogP) is 5.55. The summed E-state index contributed by atoms with van der Waals surface area (Å²) in [6.07, 6.45) is 1.80. The molecular formula is C34H41N3O6. The summed E-state index contributed by atoms with van der Waals surface area (Å²) in [7, 11) is 3.88. The zero-order valence-corrected chi connectivity index (χ0v) is 25.3. The highest BCUT2D eigenvalue weighted by Crippen LogP contribution is 2.24. The lowest BCUT2D eigenvalue weighted by molar-refractivity contribution is 0.0685. The van der Waals surface area contributed by atoms with Gasteiger partial charge in [-0.1, -0.05) is 32.0 Å². The fraction of sp³-hybridized carbons (Fsp3) is 0.382. The molecular weight excluding hydrogens is 546 g/mol. The molecule has 6 bridgehead atoms. The highest BCUT2D eigenvalue weighted by atomic mass is 16.4. The van der Waals surface area contributed by atoms with Gasteiger partial charge in [-0.3, -0.25) is 14.7 Å². The fourth-order valence-electron chi connectivity index (χ4n) is 6.15. The van der Waals surface area contributed by atoms with Gasteiger partial charge in [0.15, 0.2) is 0 Å². The van der Waals surface area contributed by atoms with Gasteiger partial charge in [-0.2, -0.15) is 0 Å². The second kappa shape index (κ2) is 13.9. The standard InChI is InChI=1S/C34H41N3O6/c1-5-31(6-2)37-20-26-8-24(12-29(14-26)33(40)41)18-35(3)16-22-7-23(11-28(10-22)32(38)39)17-36(4)19-25-9-27(21-37)15-30(13-25)34(42)43/h7-15,31H,5-6,16-21H2,1-4H3,(H,38,39)(H,40,41)(H,42,43). The van der Waals surface area contributed by atoms with Gasteiger partial charge in [0.25, 0.3) is 0 Å². The first-order valence-electron chi connectivity index (χ1n) is 14.6. The average Bonchev–Trinajstić information content (AvgIpc) is 2.92. The molecule has 0 saturated heterocycles. The highest BCUT2D eigenvalue weighted by molar-refractivity contribution is 5.89. The van der Waals surface area contributed by atoms with Gasteiger partial charge in [0.2, 0.25) is 0 Å². The number of hydrogen-bond donors (Lipinski definition) is 3. The molecule has 3 N–H and O–H groups in total. The van der Waals surface area contributed by atoms with Crippen LogP contribution in [0.5, 0.6) is 0 Å². The monoisotopic (exact) mass is 587 g/mol. The Bertz CT molecular complexity index is 1400. The number of fused-ring (bicyclic) bond motifs is 6. The van der Waals surface area contributed by atoms with E-state index in [1.54, 1.807) is 36.4 Å². The van der Waals surface area contributed by atoms with E-state index < -0.39 is 17.9 Å². The van der Waals surface area contributed by atoms with E-state index >= 15 is 0 Å². The van der Waals surface area contributed by atoms with Crippen LogP contribution in [-0.4, -0.2) is 68.1 Å². The molecule has 43 heavy (non-hydrogen) atoms. The van der Waals surface area contributed by atoms with Crippen molar-refractivity contribution < 1.29 is 29.7 Å². The average molecular weight is 588 g/mol. The third-order valence-electron chi connectivity index (χ3n) is 7.94. The van der Waals surface area contributed by atoms with Crippen LogP contribution in [0.25, 0.3) is 0 Å². The van der Waals surface area contributed by atoms with Gasteiger partial charge in [-0.05, 0) is 96.7 Å². The van der Waals surface area contributed by atoms with E-state index in [2.05, 4.69) is 28.5 Å². The number of rotatable bonds is 6. The SMILES string of the molecule is CCC(CC)N1Cc2cc(cc(C(=O)O)c2)CN(C)Cc2cc(cc(C(=O)O)c2)CN(C)Cc2cc(cc(C(=O)O)c2)C1. The summed E-state index contributed by atoms with van der Waals surface area (Å²) < 4.78 is 0. The Morgan fingerprint density at radius 1 is 0.535 bits per heavy atom. The number of carboxylic acid groups (broad SMARTS) is 3. The van der Waals surface area contributed by atoms with Crippen molar-refractivity contribution in [3.05, 3.63) is 105 Å². The molecule has 0 radical (unpaired) electrons. The van der Waals surface area contributed by atoms with E-state index in [4.69, 9.17) is 0 Å². The quantitative estimate of drug-likeness (QED) is 0.341. The number of hydrogen-bond acceptors (Lipinski definition) is 6. The van der Waals surface area contributed by atoms with Gasteiger partial charge in [0.1, 0.15) is 0 Å². The van der Waals surface area contributed by atoms with E-state index in [9.17, 15) is 29.7 Å². The summed E-state index contributed by atoms with van der Waals surface area (Å²) in [5.41, 5.74) is 5.78. The summed E-state index contributed by atoms with van der Waals surface area (Å²) in [4.78, 5) is 42.6. The highest BCUT2D eigenvalue weighted by Gasteiger charge is 2.20. The Balaban J connectivity index is 1.85. The smallest absolute Gasteiger partial charge is 0.335 e. The molecule has 1 aliphatic heterocycles. The number of carbonyl (C=O) groups is 3. The zero-order valence-electron chi connectivity index (χ0n) is 25.3. The van der Waals surface area contributed by atoms with Crippen molar-refractivity contribution in [2.45, 2.75) is 72.0 Å². The minimum Gasteiger partial charge on any atom is -0.478 e. The molecule has 1 heterocycles. The van der Waals surface area contributed by atoms with Crippen molar-refractivity contribution in [3.63, 3.8) is 0 Å². The molecule has 4 rings (SSSR count). The second-order valence-corrected chi connectivity index (χ2v) is 11.7. The first-order chi connectivity index (χ1) is 20.4. The van der Waals surface area contributed by atoms with Gasteiger partial charge in [0.05, 0.1) is 16.7 Å². The Hall–Kier alpha value is -4.05. The molecule has 1 aliphatic rings. The van der Waals surface area contributed by atoms with Gasteiger partial charge in [-0.25, -0.2) is 14.4 Å². The molecule has 3 aromatic rings. The predicted molar refractivity (Wildman–Crippen MR) is 164 cm³/mol. The number of benzene rings is 3. The zero-order chi connectivity index (χ0) is 31.3. The van der Waals surface area contributed by atoms with Crippen LogP contribution >= 0.6 is 0 Å². The van der Waals surface area contributed by atoms with Crippen LogP contribution in [0, 0.1) is 0 Å². The topological polar surface area (TPSA) is 122 Å². The van der Waals surface area contributed by atoms with Crippen LogP contribution in [0.1, 0.15) is 91.1 Å². The molecule has 0 aliphatic carbocycles. The third-order valence-corrected chi connectivity index (χ3v) is 7.94. The van der Waals surface area contributed by atoms with E-state index in [1.807, 2.05) is 32.3 Å². The largest absolute Gasteiger partial charge is 0.478 e. The van der Waals surface area contributed by atoms with Crippen LogP contribution in [0.15, 0.2) is 54.6 Å².